The van der Waals surface area contributed by atoms with Gasteiger partial charge >= 0.3 is 0 Å². The van der Waals surface area contributed by atoms with Crippen molar-refractivity contribution in [2.45, 2.75) is 69.3 Å². The van der Waals surface area contributed by atoms with Crippen LogP contribution in [-0.4, -0.2) is 81.0 Å². The minimum Gasteiger partial charge on any atom is -0.508 e. The first-order chi connectivity index (χ1) is 20.3. The predicted octanol–water partition coefficient (Wildman–Crippen LogP) is -0.191. The summed E-state index contributed by atoms with van der Waals surface area (Å²) in [4.78, 5) is 42.6. The van der Waals surface area contributed by atoms with Gasteiger partial charge in [0.2, 0.25) is 29.5 Å². The maximum Gasteiger partial charge on any atom is 0.254 e. The molecule has 3 heterocycles. The van der Waals surface area contributed by atoms with Gasteiger partial charge in [-0.3, -0.25) is 19.7 Å². The van der Waals surface area contributed by atoms with Gasteiger partial charge in [-0.2, -0.15) is 18.2 Å². The maximum absolute atomic E-state index is 14.6. The number of aromatic nitrogens is 1. The molecule has 2 fully saturated rings. The monoisotopic (exact) mass is 613 g/mol. The van der Waals surface area contributed by atoms with Gasteiger partial charge in [-0.25, -0.2) is 4.39 Å². The summed E-state index contributed by atoms with van der Waals surface area (Å²) in [6.45, 7) is 2.92. The summed E-state index contributed by atoms with van der Waals surface area (Å²) >= 11 is 0. The Morgan fingerprint density at radius 1 is 1.00 bits per heavy atom. The van der Waals surface area contributed by atoms with Crippen LogP contribution in [0.5, 0.6) is 5.75 Å². The van der Waals surface area contributed by atoms with Gasteiger partial charge in [0.25, 0.3) is 5.95 Å². The van der Waals surface area contributed by atoms with Crippen molar-refractivity contribution in [3.8, 4) is 5.75 Å². The van der Waals surface area contributed by atoms with Crippen LogP contribution in [0.1, 0.15) is 37.6 Å². The number of nitrogens with one attached hydrogen (secondary N) is 4. The fraction of sp³-hybridized carbons (Fsp3) is 0.481. The highest BCUT2D eigenvalue weighted by Gasteiger charge is 2.42. The third-order valence-corrected chi connectivity index (χ3v) is 7.58. The first kappa shape index (κ1) is 32.1. The lowest BCUT2D eigenvalue weighted by Crippen LogP contribution is -2.65. The summed E-state index contributed by atoms with van der Waals surface area (Å²) in [7, 11) is 0. The number of pyridine rings is 1. The molecule has 7 N–H and O–H groups in total. The van der Waals surface area contributed by atoms with Gasteiger partial charge in [0.15, 0.2) is 5.82 Å². The second-order valence-corrected chi connectivity index (χ2v) is 10.5. The molecule has 0 bridgehead atoms. The first-order valence-corrected chi connectivity index (χ1v) is 13.4. The van der Waals surface area contributed by atoms with Gasteiger partial charge in [-0.05, 0) is 19.4 Å². The van der Waals surface area contributed by atoms with E-state index in [4.69, 9.17) is 4.74 Å². The average molecular weight is 614 g/mol. The smallest absolute Gasteiger partial charge is 0.254 e. The lowest BCUT2D eigenvalue weighted by atomic mass is 9.90. The molecule has 1 aromatic heterocycles. The molecular weight excluding hydrogens is 582 g/mol. The number of hydrogen-bond donors (Lipinski definition) is 7. The molecular formula is C27H31F4N5O7. The van der Waals surface area contributed by atoms with E-state index in [2.05, 4.69) is 26.3 Å². The zero-order valence-electron chi connectivity index (χ0n) is 23.0. The number of rotatable bonds is 6. The molecule has 2 aliphatic heterocycles. The van der Waals surface area contributed by atoms with Crippen LogP contribution in [0.4, 0.5) is 17.6 Å². The van der Waals surface area contributed by atoms with Crippen molar-refractivity contribution >= 4 is 17.7 Å². The number of carbonyl (C=O) groups is 3. The van der Waals surface area contributed by atoms with Crippen molar-refractivity contribution in [2.24, 2.45) is 5.92 Å². The Bertz CT molecular complexity index is 1380. The van der Waals surface area contributed by atoms with E-state index in [9.17, 15) is 47.3 Å². The quantitative estimate of drug-likeness (QED) is 0.132. The molecule has 8 unspecified atom stereocenters. The Morgan fingerprint density at radius 3 is 2.30 bits per heavy atom. The minimum atomic E-state index is -2.08. The molecule has 43 heavy (non-hydrogen) atoms. The second kappa shape index (κ2) is 13.2. The molecule has 3 amide bonds. The molecule has 2 aliphatic rings. The van der Waals surface area contributed by atoms with E-state index in [-0.39, 0.29) is 11.3 Å². The molecule has 2 aromatic rings. The van der Waals surface area contributed by atoms with Gasteiger partial charge in [0.1, 0.15) is 24.1 Å². The van der Waals surface area contributed by atoms with Crippen LogP contribution in [0, 0.1) is 29.4 Å². The fourth-order valence-electron chi connectivity index (χ4n) is 4.90. The molecule has 16 heteroatoms. The number of nitrogens with zero attached hydrogens (tertiary/aromatic N) is 1. The van der Waals surface area contributed by atoms with Gasteiger partial charge in [-0.15, -0.1) is 0 Å². The molecule has 0 aliphatic carbocycles. The number of phenols is 1. The van der Waals surface area contributed by atoms with Crippen LogP contribution in [-0.2, 0) is 25.5 Å². The Balaban J connectivity index is 1.73. The standard InChI is InChI=1S/C27H31F4N5O7/c1-10-21(38)14(9-13-17(28)18(29)23(31)36-22(13)30)33-26(41)19(34-25(40)12-5-3-4-6-15(12)37)11(2)32-27(42)20(35-24(10)39)16-7-8-43-16/h3-6,10-11,14,16,19-21,25,34,37-38,40H,7-9H2,1-2H3,(H,32,42)(H,33,41)(H,35,39). The van der Waals surface area contributed by atoms with Crippen molar-refractivity contribution in [3.05, 3.63) is 58.9 Å². The zero-order valence-corrected chi connectivity index (χ0v) is 23.0. The number of aromatic hydroxyl groups is 1. The van der Waals surface area contributed by atoms with Crippen LogP contribution in [0.15, 0.2) is 24.3 Å². The van der Waals surface area contributed by atoms with E-state index in [1.807, 2.05) is 0 Å². The highest BCUT2D eigenvalue weighted by molar-refractivity contribution is 5.91. The van der Waals surface area contributed by atoms with Crippen LogP contribution >= 0.6 is 0 Å². The zero-order chi connectivity index (χ0) is 31.6. The number of carbonyl (C=O) groups excluding carboxylic acids is 3. The summed E-state index contributed by atoms with van der Waals surface area (Å²) in [6, 6.07) is 0.00562. The molecule has 8 atom stereocenters. The number of aliphatic hydroxyl groups excluding tert-OH is 2. The Hall–Kier alpha value is -3.86. The van der Waals surface area contributed by atoms with Gasteiger partial charge in [0, 0.05) is 24.2 Å². The molecule has 2 saturated heterocycles. The van der Waals surface area contributed by atoms with Crippen LogP contribution in [0.25, 0.3) is 0 Å². The Labute approximate surface area is 242 Å². The third kappa shape index (κ3) is 6.87. The average Bonchev–Trinajstić information content (AvgIpc) is 2.93. The Kier molecular flexibility index (Phi) is 9.84. The van der Waals surface area contributed by atoms with Crippen molar-refractivity contribution in [1.29, 1.82) is 0 Å². The molecule has 12 nitrogen and oxygen atoms in total. The van der Waals surface area contributed by atoms with Crippen LogP contribution in [0.3, 0.4) is 0 Å². The lowest BCUT2D eigenvalue weighted by Gasteiger charge is -2.38. The van der Waals surface area contributed by atoms with Gasteiger partial charge in [0.05, 0.1) is 30.2 Å². The van der Waals surface area contributed by atoms with Crippen molar-refractivity contribution < 1.29 is 52.0 Å². The van der Waals surface area contributed by atoms with Gasteiger partial charge in [-0.1, -0.05) is 25.1 Å². The number of ether oxygens (including phenoxy) is 1. The highest BCUT2D eigenvalue weighted by Crippen LogP contribution is 2.25. The topological polar surface area (TPSA) is 182 Å². The lowest BCUT2D eigenvalue weighted by molar-refractivity contribution is -0.145. The number of halogens is 4. The molecule has 1 aromatic carbocycles. The highest BCUT2D eigenvalue weighted by atomic mass is 19.2. The van der Waals surface area contributed by atoms with Crippen LogP contribution in [0.2, 0.25) is 0 Å². The number of para-hydroxylation sites is 1. The van der Waals surface area contributed by atoms with Crippen molar-refractivity contribution in [1.82, 2.24) is 26.3 Å². The number of hydrogen-bond acceptors (Lipinski definition) is 9. The van der Waals surface area contributed by atoms with Crippen LogP contribution < -0.4 is 21.3 Å². The number of amides is 3. The molecule has 4 rings (SSSR count). The Morgan fingerprint density at radius 2 is 1.67 bits per heavy atom. The van der Waals surface area contributed by atoms with Crippen molar-refractivity contribution in [3.63, 3.8) is 0 Å². The van der Waals surface area contributed by atoms with E-state index >= 15 is 0 Å². The van der Waals surface area contributed by atoms with Gasteiger partial charge < -0.3 is 36.0 Å². The summed E-state index contributed by atoms with van der Waals surface area (Å²) in [5, 5.41) is 42.1. The first-order valence-electron chi connectivity index (χ1n) is 13.4. The second-order valence-electron chi connectivity index (χ2n) is 10.5. The predicted molar refractivity (Wildman–Crippen MR) is 139 cm³/mol. The summed E-state index contributed by atoms with van der Waals surface area (Å²) in [5.74, 6) is -12.2. The maximum atomic E-state index is 14.6. The third-order valence-electron chi connectivity index (χ3n) is 7.58. The number of benzene rings is 1. The largest absolute Gasteiger partial charge is 0.508 e. The molecule has 0 saturated carbocycles. The SMILES string of the molecule is CC1NC(=O)C(C2CCO2)NC(=O)C(C)C(O)C(Cc2c(F)nc(F)c(F)c2F)NC(=O)C1NC(O)c1ccccc1O. The fourth-order valence-corrected chi connectivity index (χ4v) is 4.90. The number of phenolic OH excluding ortho intramolecular Hbond substituents is 1. The summed E-state index contributed by atoms with van der Waals surface area (Å²) in [5.41, 5.74) is -1.14. The minimum absolute atomic E-state index is 0.0323. The van der Waals surface area contributed by atoms with E-state index in [0.29, 0.717) is 13.0 Å². The normalized spacial score (nSPS) is 29.3. The summed E-state index contributed by atoms with van der Waals surface area (Å²) < 4.78 is 61.9. The molecule has 0 spiro atoms. The van der Waals surface area contributed by atoms with E-state index in [0.717, 1.165) is 0 Å². The van der Waals surface area contributed by atoms with E-state index in [1.165, 1.54) is 38.1 Å². The van der Waals surface area contributed by atoms with Crippen molar-refractivity contribution in [2.75, 3.05) is 6.61 Å². The number of aliphatic hydroxyl groups is 2. The van der Waals surface area contributed by atoms with E-state index < -0.39 is 102 Å². The summed E-state index contributed by atoms with van der Waals surface area (Å²) in [6.07, 6.45) is -4.87. The molecule has 234 valence electrons. The molecule has 0 radical (unpaired) electrons. The van der Waals surface area contributed by atoms with E-state index in [1.54, 1.807) is 0 Å².